The van der Waals surface area contributed by atoms with Gasteiger partial charge in [-0.1, -0.05) is 231 Å². The molecular formula is C44H87NO. The van der Waals surface area contributed by atoms with E-state index in [9.17, 15) is 4.79 Å². The Hall–Kier alpha value is -0.790. The zero-order valence-electron chi connectivity index (χ0n) is 32.1. The predicted octanol–water partition coefficient (Wildman–Crippen LogP) is 15.5. The Kier molecular flexibility index (Phi) is 39.7. The second kappa shape index (κ2) is 40.4. The molecule has 0 aromatic rings. The first-order valence-corrected chi connectivity index (χ1v) is 21.7. The van der Waals surface area contributed by atoms with Crippen LogP contribution >= 0.6 is 0 Å². The normalized spacial score (nSPS) is 12.4. The van der Waals surface area contributed by atoms with Gasteiger partial charge < -0.3 is 5.73 Å². The summed E-state index contributed by atoms with van der Waals surface area (Å²) in [5, 5.41) is 0. The number of rotatable bonds is 40. The van der Waals surface area contributed by atoms with Crippen molar-refractivity contribution in [2.75, 3.05) is 0 Å². The summed E-state index contributed by atoms with van der Waals surface area (Å²) in [6.07, 6.45) is 56.6. The molecule has 0 fully saturated rings. The van der Waals surface area contributed by atoms with Crippen molar-refractivity contribution in [1.29, 1.82) is 0 Å². The second-order valence-corrected chi connectivity index (χ2v) is 15.0. The molecule has 0 radical (unpaired) electrons. The summed E-state index contributed by atoms with van der Waals surface area (Å²) in [7, 11) is 0. The van der Waals surface area contributed by atoms with Crippen LogP contribution < -0.4 is 5.73 Å². The first-order valence-electron chi connectivity index (χ1n) is 21.7. The highest BCUT2D eigenvalue weighted by atomic mass is 16.1. The van der Waals surface area contributed by atoms with E-state index in [0.717, 1.165) is 12.8 Å². The molecule has 0 spiro atoms. The van der Waals surface area contributed by atoms with Crippen molar-refractivity contribution in [2.24, 2.45) is 11.7 Å². The van der Waals surface area contributed by atoms with E-state index in [0.29, 0.717) is 0 Å². The molecule has 0 saturated carbocycles. The van der Waals surface area contributed by atoms with Crippen LogP contribution in [0.5, 0.6) is 0 Å². The zero-order chi connectivity index (χ0) is 33.4. The average Bonchev–Trinajstić information content (AvgIpc) is 3.05. The summed E-state index contributed by atoms with van der Waals surface area (Å²) in [6.45, 7) is 4.59. The van der Waals surface area contributed by atoms with Gasteiger partial charge in [-0.3, -0.25) is 4.79 Å². The van der Waals surface area contributed by atoms with E-state index in [1.807, 2.05) is 0 Å². The van der Waals surface area contributed by atoms with Crippen molar-refractivity contribution in [3.63, 3.8) is 0 Å². The van der Waals surface area contributed by atoms with Crippen molar-refractivity contribution in [3.05, 3.63) is 12.2 Å². The molecule has 1 amide bonds. The van der Waals surface area contributed by atoms with E-state index >= 15 is 0 Å². The first kappa shape index (κ1) is 45.2. The lowest BCUT2D eigenvalue weighted by Crippen LogP contribution is -2.23. The van der Waals surface area contributed by atoms with Crippen LogP contribution in [-0.2, 0) is 4.79 Å². The highest BCUT2D eigenvalue weighted by molar-refractivity contribution is 5.76. The molecule has 2 nitrogen and oxygen atoms in total. The molecule has 0 aromatic heterocycles. The van der Waals surface area contributed by atoms with Crippen LogP contribution in [-0.4, -0.2) is 5.91 Å². The summed E-state index contributed by atoms with van der Waals surface area (Å²) in [5.74, 6) is 0.0618. The van der Waals surface area contributed by atoms with Gasteiger partial charge in [0.1, 0.15) is 0 Å². The number of allylic oxidation sites excluding steroid dienone is 2. The van der Waals surface area contributed by atoms with Crippen LogP contribution in [0.1, 0.15) is 258 Å². The quantitative estimate of drug-likeness (QED) is 0.0523. The summed E-state index contributed by atoms with van der Waals surface area (Å²) >= 11 is 0. The van der Waals surface area contributed by atoms with E-state index in [1.165, 1.54) is 231 Å². The number of nitrogens with two attached hydrogens (primary N) is 1. The summed E-state index contributed by atoms with van der Waals surface area (Å²) in [4.78, 5) is 12.0. The van der Waals surface area contributed by atoms with Crippen LogP contribution in [0.2, 0.25) is 0 Å². The van der Waals surface area contributed by atoms with E-state index in [4.69, 9.17) is 5.73 Å². The maximum absolute atomic E-state index is 12.0. The molecule has 46 heavy (non-hydrogen) atoms. The average molecular weight is 646 g/mol. The molecule has 0 bridgehead atoms. The lowest BCUT2D eigenvalue weighted by Gasteiger charge is -2.13. The molecule has 274 valence electrons. The highest BCUT2D eigenvalue weighted by Gasteiger charge is 2.14. The summed E-state index contributed by atoms with van der Waals surface area (Å²) in [5.41, 5.74) is 5.76. The van der Waals surface area contributed by atoms with Gasteiger partial charge in [0, 0.05) is 5.92 Å². The largest absolute Gasteiger partial charge is 0.369 e. The second-order valence-electron chi connectivity index (χ2n) is 15.0. The minimum atomic E-state index is -0.0553. The fourth-order valence-electron chi connectivity index (χ4n) is 7.07. The number of hydrogen-bond donors (Lipinski definition) is 1. The molecule has 0 aliphatic rings. The van der Waals surface area contributed by atoms with E-state index in [2.05, 4.69) is 26.0 Å². The van der Waals surface area contributed by atoms with Crippen LogP contribution in [0.15, 0.2) is 12.2 Å². The Labute approximate surface area is 291 Å². The van der Waals surface area contributed by atoms with Crippen molar-refractivity contribution in [2.45, 2.75) is 258 Å². The minimum absolute atomic E-state index is 0.0553. The Balaban J connectivity index is 3.38. The topological polar surface area (TPSA) is 43.1 Å². The SMILES string of the molecule is CCCCCCCC/C=C\CCCCCCCCCCCCC(CCCCCCCCCCCCCCCCCCCC)C(N)=O. The van der Waals surface area contributed by atoms with Crippen molar-refractivity contribution >= 4 is 5.91 Å². The third kappa shape index (κ3) is 37.7. The fraction of sp³-hybridized carbons (Fsp3) is 0.932. The highest BCUT2D eigenvalue weighted by Crippen LogP contribution is 2.20. The lowest BCUT2D eigenvalue weighted by molar-refractivity contribution is -0.122. The van der Waals surface area contributed by atoms with Crippen molar-refractivity contribution in [1.82, 2.24) is 0 Å². The maximum atomic E-state index is 12.0. The van der Waals surface area contributed by atoms with Gasteiger partial charge in [0.2, 0.25) is 5.91 Å². The van der Waals surface area contributed by atoms with Gasteiger partial charge in [0.05, 0.1) is 0 Å². The van der Waals surface area contributed by atoms with Crippen LogP contribution in [0.3, 0.4) is 0 Å². The molecule has 1 unspecified atom stereocenters. The number of primary amides is 1. The van der Waals surface area contributed by atoms with Crippen LogP contribution in [0.25, 0.3) is 0 Å². The van der Waals surface area contributed by atoms with Gasteiger partial charge in [-0.05, 0) is 38.5 Å². The van der Waals surface area contributed by atoms with Crippen LogP contribution in [0, 0.1) is 5.92 Å². The van der Waals surface area contributed by atoms with E-state index in [-0.39, 0.29) is 11.8 Å². The molecule has 0 heterocycles. The molecule has 2 N–H and O–H groups in total. The maximum Gasteiger partial charge on any atom is 0.220 e. The van der Waals surface area contributed by atoms with E-state index in [1.54, 1.807) is 0 Å². The molecule has 1 atom stereocenters. The molecule has 0 aliphatic heterocycles. The van der Waals surface area contributed by atoms with Gasteiger partial charge in [-0.15, -0.1) is 0 Å². The fourth-order valence-corrected chi connectivity index (χ4v) is 7.07. The Morgan fingerprint density at radius 1 is 0.370 bits per heavy atom. The van der Waals surface area contributed by atoms with Gasteiger partial charge in [-0.2, -0.15) is 0 Å². The standard InChI is InChI=1S/C44H87NO/c1-3-5-7-9-11-13-15-17-19-21-23-24-26-28-30-32-34-36-38-40-42-43(44(45)46)41-39-37-35-33-31-29-27-25-22-20-18-16-14-12-10-8-6-4-2/h17,19,43H,3-16,18,20-42H2,1-2H3,(H2,45,46)/b19-17-. The van der Waals surface area contributed by atoms with E-state index < -0.39 is 0 Å². The molecule has 2 heteroatoms. The zero-order valence-corrected chi connectivity index (χ0v) is 32.1. The smallest absolute Gasteiger partial charge is 0.220 e. The first-order chi connectivity index (χ1) is 22.7. The monoisotopic (exact) mass is 646 g/mol. The van der Waals surface area contributed by atoms with Gasteiger partial charge in [-0.25, -0.2) is 0 Å². The summed E-state index contributed by atoms with van der Waals surface area (Å²) in [6, 6.07) is 0. The molecule has 0 aliphatic carbocycles. The number of carbonyl (C=O) groups is 1. The van der Waals surface area contributed by atoms with Crippen molar-refractivity contribution < 1.29 is 4.79 Å². The Bertz CT molecular complexity index is 599. The van der Waals surface area contributed by atoms with Gasteiger partial charge in [0.15, 0.2) is 0 Å². The van der Waals surface area contributed by atoms with Crippen LogP contribution in [0.4, 0.5) is 0 Å². The summed E-state index contributed by atoms with van der Waals surface area (Å²) < 4.78 is 0. The predicted molar refractivity (Wildman–Crippen MR) is 209 cm³/mol. The molecule has 0 rings (SSSR count). The molecule has 0 aromatic carbocycles. The lowest BCUT2D eigenvalue weighted by atomic mass is 9.93. The number of unbranched alkanes of at least 4 members (excludes halogenated alkanes) is 33. The Morgan fingerprint density at radius 3 is 0.826 bits per heavy atom. The number of amides is 1. The third-order valence-corrected chi connectivity index (χ3v) is 10.4. The minimum Gasteiger partial charge on any atom is -0.369 e. The molecular weight excluding hydrogens is 558 g/mol. The Morgan fingerprint density at radius 2 is 0.587 bits per heavy atom. The van der Waals surface area contributed by atoms with Gasteiger partial charge in [0.25, 0.3) is 0 Å². The van der Waals surface area contributed by atoms with Crippen molar-refractivity contribution in [3.8, 4) is 0 Å². The van der Waals surface area contributed by atoms with Gasteiger partial charge >= 0.3 is 0 Å². The third-order valence-electron chi connectivity index (χ3n) is 10.4. The molecule has 0 saturated heterocycles. The number of carbonyl (C=O) groups excluding carboxylic acids is 1. The number of hydrogen-bond acceptors (Lipinski definition) is 1.